The first-order chi connectivity index (χ1) is 20.2. The summed E-state index contributed by atoms with van der Waals surface area (Å²) in [6, 6.07) is 30.7. The average molecular weight is 586 g/mol. The van der Waals surface area contributed by atoms with Gasteiger partial charge in [0.05, 0.1) is 17.7 Å². The highest BCUT2D eigenvalue weighted by Crippen LogP contribution is 2.28. The van der Waals surface area contributed by atoms with Crippen LogP contribution in [0.5, 0.6) is 5.75 Å². The van der Waals surface area contributed by atoms with Crippen LogP contribution in [0.3, 0.4) is 0 Å². The molecule has 0 aliphatic heterocycles. The van der Waals surface area contributed by atoms with Gasteiger partial charge in [-0.2, -0.15) is 0 Å². The van der Waals surface area contributed by atoms with Crippen molar-refractivity contribution < 1.29 is 22.7 Å². The zero-order valence-corrected chi connectivity index (χ0v) is 24.8. The molecular formula is C33H35N3O5S. The number of aryl methyl sites for hydroxylation is 1. The third-order valence-electron chi connectivity index (χ3n) is 6.90. The monoisotopic (exact) mass is 585 g/mol. The van der Waals surface area contributed by atoms with Crippen LogP contribution in [-0.4, -0.2) is 51.9 Å². The van der Waals surface area contributed by atoms with E-state index in [9.17, 15) is 18.0 Å². The molecular weight excluding hydrogens is 550 g/mol. The first-order valence-corrected chi connectivity index (χ1v) is 15.0. The summed E-state index contributed by atoms with van der Waals surface area (Å²) >= 11 is 0. The number of methoxy groups -OCH3 is 1. The summed E-state index contributed by atoms with van der Waals surface area (Å²) in [6.07, 6.45) is 0.253. The first-order valence-electron chi connectivity index (χ1n) is 13.6. The van der Waals surface area contributed by atoms with Crippen LogP contribution in [-0.2, 0) is 32.6 Å². The molecule has 0 aromatic heterocycles. The Morgan fingerprint density at radius 2 is 1.48 bits per heavy atom. The summed E-state index contributed by atoms with van der Waals surface area (Å²) in [7, 11) is -1.15. The van der Waals surface area contributed by atoms with E-state index in [0.29, 0.717) is 5.75 Å². The van der Waals surface area contributed by atoms with Crippen LogP contribution in [0.25, 0.3) is 0 Å². The number of carbonyl (C=O) groups excluding carboxylic acids is 2. The Bertz CT molecular complexity index is 1610. The number of hydrogen-bond acceptors (Lipinski definition) is 5. The smallest absolute Gasteiger partial charge is 0.264 e. The molecule has 0 radical (unpaired) electrons. The summed E-state index contributed by atoms with van der Waals surface area (Å²) < 4.78 is 34.4. The van der Waals surface area contributed by atoms with Crippen molar-refractivity contribution in [2.24, 2.45) is 0 Å². The zero-order chi connectivity index (χ0) is 30.1. The maximum absolute atomic E-state index is 14.3. The Hall–Kier alpha value is -4.63. The molecule has 8 nitrogen and oxygen atoms in total. The first kappa shape index (κ1) is 30.3. The largest absolute Gasteiger partial charge is 0.497 e. The van der Waals surface area contributed by atoms with Gasteiger partial charge in [-0.05, 0) is 42.3 Å². The molecule has 9 heteroatoms. The number of nitrogens with zero attached hydrogens (tertiary/aromatic N) is 2. The lowest BCUT2D eigenvalue weighted by molar-refractivity contribution is -0.139. The molecule has 218 valence electrons. The van der Waals surface area contributed by atoms with Gasteiger partial charge in [0.2, 0.25) is 11.8 Å². The normalized spacial score (nSPS) is 11.8. The van der Waals surface area contributed by atoms with E-state index in [1.165, 1.54) is 31.2 Å². The van der Waals surface area contributed by atoms with Crippen LogP contribution >= 0.6 is 0 Å². The number of nitrogens with one attached hydrogen (secondary N) is 1. The fourth-order valence-electron chi connectivity index (χ4n) is 4.74. The van der Waals surface area contributed by atoms with Crippen LogP contribution in [0.15, 0.2) is 114 Å². The predicted octanol–water partition coefficient (Wildman–Crippen LogP) is 4.59. The summed E-state index contributed by atoms with van der Waals surface area (Å²) in [4.78, 5) is 29.1. The lowest BCUT2D eigenvalue weighted by Crippen LogP contribution is -2.53. The molecule has 0 saturated carbocycles. The molecule has 1 N–H and O–H groups in total. The van der Waals surface area contributed by atoms with Gasteiger partial charge < -0.3 is 15.0 Å². The second kappa shape index (κ2) is 13.8. The van der Waals surface area contributed by atoms with Crippen LogP contribution in [0.2, 0.25) is 0 Å². The molecule has 4 aromatic carbocycles. The molecule has 0 aliphatic rings. The quantitative estimate of drug-likeness (QED) is 0.263. The number of anilines is 1. The van der Waals surface area contributed by atoms with Crippen molar-refractivity contribution >= 4 is 27.5 Å². The van der Waals surface area contributed by atoms with Crippen molar-refractivity contribution in [2.45, 2.75) is 30.8 Å². The molecule has 0 saturated heterocycles. The summed E-state index contributed by atoms with van der Waals surface area (Å²) in [6.45, 7) is 1.54. The van der Waals surface area contributed by atoms with Crippen molar-refractivity contribution in [3.63, 3.8) is 0 Å². The Balaban J connectivity index is 1.79. The molecule has 42 heavy (non-hydrogen) atoms. The van der Waals surface area contributed by atoms with E-state index in [1.54, 1.807) is 42.5 Å². The minimum absolute atomic E-state index is 0.0398. The molecule has 0 spiro atoms. The summed E-state index contributed by atoms with van der Waals surface area (Å²) in [5.74, 6) is -0.431. The number of likely N-dealkylation sites (N-methyl/N-ethyl adjacent to an activating group) is 1. The molecule has 0 bridgehead atoms. The number of carbonyl (C=O) groups is 2. The van der Waals surface area contributed by atoms with E-state index in [2.05, 4.69) is 5.32 Å². The predicted molar refractivity (Wildman–Crippen MR) is 164 cm³/mol. The van der Waals surface area contributed by atoms with Gasteiger partial charge in [-0.25, -0.2) is 8.42 Å². The molecule has 1 atom stereocenters. The van der Waals surface area contributed by atoms with Crippen molar-refractivity contribution in [3.05, 3.63) is 126 Å². The third-order valence-corrected chi connectivity index (χ3v) is 8.69. The van der Waals surface area contributed by atoms with Crippen LogP contribution < -0.4 is 14.4 Å². The van der Waals surface area contributed by atoms with E-state index >= 15 is 0 Å². The standard InChI is InChI=1S/C33H35N3O5S/c1-25-12-10-15-27(20-25)23-35(31(33(38)34-2)21-26-13-6-4-7-14-26)32(37)24-36(28-16-11-17-29(22-28)41-3)42(39,40)30-18-8-5-9-19-30/h4-20,22,31H,21,23-24H2,1-3H3,(H,34,38)/t31-/m1/s1. The van der Waals surface area contributed by atoms with Crippen molar-refractivity contribution in [1.82, 2.24) is 10.2 Å². The average Bonchev–Trinajstić information content (AvgIpc) is 3.02. The molecule has 4 rings (SSSR count). The number of rotatable bonds is 12. The molecule has 0 unspecified atom stereocenters. The maximum Gasteiger partial charge on any atom is 0.264 e. The fraction of sp³-hybridized carbons (Fsp3) is 0.212. The maximum atomic E-state index is 14.3. The van der Waals surface area contributed by atoms with Crippen LogP contribution in [0.4, 0.5) is 5.69 Å². The topological polar surface area (TPSA) is 96.0 Å². The Kier molecular flexibility index (Phi) is 9.98. The van der Waals surface area contributed by atoms with E-state index in [1.807, 2.05) is 61.5 Å². The van der Waals surface area contributed by atoms with Crippen molar-refractivity contribution in [3.8, 4) is 5.75 Å². The van der Waals surface area contributed by atoms with Crippen molar-refractivity contribution in [2.75, 3.05) is 25.0 Å². The van der Waals surface area contributed by atoms with Crippen LogP contribution in [0.1, 0.15) is 16.7 Å². The van der Waals surface area contributed by atoms with Gasteiger partial charge in [0, 0.05) is 26.1 Å². The van der Waals surface area contributed by atoms with Gasteiger partial charge in [-0.1, -0.05) is 84.4 Å². The Morgan fingerprint density at radius 1 is 0.833 bits per heavy atom. The summed E-state index contributed by atoms with van der Waals surface area (Å²) in [5.41, 5.74) is 2.96. The van der Waals surface area contributed by atoms with E-state index < -0.39 is 28.5 Å². The molecule has 4 aromatic rings. The lowest BCUT2D eigenvalue weighted by atomic mass is 10.0. The number of sulfonamides is 1. The SMILES string of the molecule is CNC(=O)[C@@H](Cc1ccccc1)N(Cc1cccc(C)c1)C(=O)CN(c1cccc(OC)c1)S(=O)(=O)c1ccccc1. The minimum atomic E-state index is -4.17. The van der Waals surface area contributed by atoms with E-state index in [4.69, 9.17) is 4.74 Å². The summed E-state index contributed by atoms with van der Waals surface area (Å²) in [5, 5.41) is 2.69. The Labute approximate surface area is 247 Å². The molecule has 0 heterocycles. The highest BCUT2D eigenvalue weighted by molar-refractivity contribution is 7.92. The van der Waals surface area contributed by atoms with E-state index in [-0.39, 0.29) is 29.5 Å². The number of amides is 2. The Morgan fingerprint density at radius 3 is 2.12 bits per heavy atom. The number of hydrogen-bond donors (Lipinski definition) is 1. The molecule has 0 fully saturated rings. The highest BCUT2D eigenvalue weighted by Gasteiger charge is 2.34. The minimum Gasteiger partial charge on any atom is -0.497 e. The second-order valence-electron chi connectivity index (χ2n) is 9.86. The van der Waals surface area contributed by atoms with Gasteiger partial charge in [-0.15, -0.1) is 0 Å². The molecule has 0 aliphatic carbocycles. The number of ether oxygens (including phenoxy) is 1. The van der Waals surface area contributed by atoms with Gasteiger partial charge >= 0.3 is 0 Å². The fourth-order valence-corrected chi connectivity index (χ4v) is 6.17. The highest BCUT2D eigenvalue weighted by atomic mass is 32.2. The second-order valence-corrected chi connectivity index (χ2v) is 11.7. The van der Waals surface area contributed by atoms with Gasteiger partial charge in [0.25, 0.3) is 10.0 Å². The van der Waals surface area contributed by atoms with Gasteiger partial charge in [0.15, 0.2) is 0 Å². The third kappa shape index (κ3) is 7.36. The number of benzene rings is 4. The van der Waals surface area contributed by atoms with Crippen molar-refractivity contribution in [1.29, 1.82) is 0 Å². The zero-order valence-electron chi connectivity index (χ0n) is 23.9. The molecule has 2 amide bonds. The van der Waals surface area contributed by atoms with E-state index in [0.717, 1.165) is 21.0 Å². The van der Waals surface area contributed by atoms with Gasteiger partial charge in [-0.3, -0.25) is 13.9 Å². The van der Waals surface area contributed by atoms with Gasteiger partial charge in [0.1, 0.15) is 18.3 Å². The lowest BCUT2D eigenvalue weighted by Gasteiger charge is -2.33. The van der Waals surface area contributed by atoms with Crippen LogP contribution in [0, 0.1) is 6.92 Å².